The van der Waals surface area contributed by atoms with Gasteiger partial charge in [0.2, 0.25) is 0 Å². The molecule has 59 heavy (non-hydrogen) atoms. The van der Waals surface area contributed by atoms with Crippen molar-refractivity contribution < 1.29 is 95.4 Å². The molecule has 0 aromatic heterocycles. The molecule has 26 nitrogen and oxygen atoms in total. The molecule has 0 spiro atoms. The van der Waals surface area contributed by atoms with Gasteiger partial charge in [-0.3, -0.25) is 13.3 Å². The summed E-state index contributed by atoms with van der Waals surface area (Å²) in [6, 6.07) is 9.03. The number of fused-ring (bicyclic) bond motifs is 1. The zero-order valence-corrected chi connectivity index (χ0v) is 33.5. The van der Waals surface area contributed by atoms with Gasteiger partial charge in [-0.25, -0.2) is 36.3 Å². The van der Waals surface area contributed by atoms with Crippen molar-refractivity contribution in [2.75, 3.05) is 30.5 Å². The molecule has 0 aliphatic heterocycles. The number of nitrogen functional groups attached to an aromatic ring is 1. The fraction of sp³-hybridized carbons (Fsp3) is 0.148. The number of carboxylic acids is 1. The van der Waals surface area contributed by atoms with Gasteiger partial charge in [0.15, 0.2) is 37.7 Å². The highest BCUT2D eigenvalue weighted by molar-refractivity contribution is 7.94. The molecule has 4 aromatic rings. The molecule has 0 heterocycles. The Kier molecular flexibility index (Phi) is 15.8. The third-order valence-corrected chi connectivity index (χ3v) is 12.8. The molecule has 0 unspecified atom stereocenters. The van der Waals surface area contributed by atoms with Gasteiger partial charge in [0, 0.05) is 0 Å². The minimum absolute atomic E-state index is 0.100. The van der Waals surface area contributed by atoms with Crippen molar-refractivity contribution in [3.05, 3.63) is 60.2 Å². The molecular weight excluding hydrogens is 923 g/mol. The van der Waals surface area contributed by atoms with Gasteiger partial charge in [0.25, 0.3) is 10.1 Å². The second-order valence-electron chi connectivity index (χ2n) is 10.8. The zero-order chi connectivity index (χ0) is 43.8. The van der Waals surface area contributed by atoms with Gasteiger partial charge in [0.05, 0.1) is 73.8 Å². The number of azo groups is 2. The van der Waals surface area contributed by atoms with Crippen LogP contribution in [0.25, 0.3) is 10.8 Å². The SMILES string of the molecule is Nc1c(N=Nc2ccc(S(=O)(=O)CCOS(=O)(=O)O)cc2C(=O)O)c(S(=O)(=O)O)cc2cc(SOOO)c(N=Nc3cccc(S(=O)(=O)CCOSOOO)c3)c(O)c12. The summed E-state index contributed by atoms with van der Waals surface area (Å²) >= 11 is 0.369. The van der Waals surface area contributed by atoms with Gasteiger partial charge < -0.3 is 15.9 Å². The van der Waals surface area contributed by atoms with Crippen LogP contribution in [0.15, 0.2) is 94.6 Å². The van der Waals surface area contributed by atoms with E-state index in [1.54, 1.807) is 0 Å². The monoisotopic (exact) mass is 947 g/mol. The summed E-state index contributed by atoms with van der Waals surface area (Å²) in [6.07, 6.45) is 0. The van der Waals surface area contributed by atoms with Crippen molar-refractivity contribution in [3.8, 4) is 5.75 Å². The Morgan fingerprint density at radius 2 is 1.41 bits per heavy atom. The third kappa shape index (κ3) is 12.5. The van der Waals surface area contributed by atoms with Crippen LogP contribution >= 0.6 is 24.4 Å². The molecule has 0 atom stereocenters. The average Bonchev–Trinajstić information content (AvgIpc) is 3.15. The smallest absolute Gasteiger partial charge is 0.397 e. The van der Waals surface area contributed by atoms with E-state index in [0.29, 0.717) is 6.07 Å². The highest BCUT2D eigenvalue weighted by atomic mass is 32.3. The number of anilines is 1. The molecule has 0 bridgehead atoms. The quantitative estimate of drug-likeness (QED) is 0.0113. The highest BCUT2D eigenvalue weighted by Gasteiger charge is 2.27. The molecule has 8 N–H and O–H groups in total. The van der Waals surface area contributed by atoms with Crippen molar-refractivity contribution in [1.29, 1.82) is 0 Å². The minimum atomic E-state index is -5.26. The van der Waals surface area contributed by atoms with E-state index in [9.17, 15) is 53.2 Å². The number of carbonyl (C=O) groups is 1. The Morgan fingerprint density at radius 1 is 0.763 bits per heavy atom. The van der Waals surface area contributed by atoms with E-state index in [1.165, 1.54) is 18.2 Å². The molecule has 32 heteroatoms. The maximum Gasteiger partial charge on any atom is 0.397 e. The molecule has 4 rings (SSSR count). The molecular formula is C27H25N5O21S6. The van der Waals surface area contributed by atoms with Gasteiger partial charge in [-0.05, 0) is 53.9 Å². The van der Waals surface area contributed by atoms with E-state index in [-0.39, 0.29) is 45.2 Å². The van der Waals surface area contributed by atoms with Crippen LogP contribution < -0.4 is 5.73 Å². The first-order chi connectivity index (χ1) is 27.6. The molecule has 0 aliphatic carbocycles. The first-order valence-corrected chi connectivity index (χ1v) is 22.5. The fourth-order valence-corrected chi connectivity index (χ4v) is 8.76. The summed E-state index contributed by atoms with van der Waals surface area (Å²) in [6.45, 7) is -1.43. The van der Waals surface area contributed by atoms with Crippen molar-refractivity contribution in [2.24, 2.45) is 20.5 Å². The number of phenolic OH excluding ortho intramolecular Hbond substituents is 1. The van der Waals surface area contributed by atoms with Gasteiger partial charge >= 0.3 is 16.4 Å². The summed E-state index contributed by atoms with van der Waals surface area (Å²) in [5.74, 6) is -4.23. The zero-order valence-electron chi connectivity index (χ0n) is 28.6. The Labute approximate surface area is 340 Å². The van der Waals surface area contributed by atoms with Crippen molar-refractivity contribution in [2.45, 2.75) is 19.6 Å². The number of nitrogens with zero attached hydrogens (tertiary/aromatic N) is 4. The number of sulfone groups is 2. The Bertz CT molecular complexity index is 2750. The number of hydrogen-bond donors (Lipinski definition) is 7. The number of benzene rings is 4. The Morgan fingerprint density at radius 3 is 2.03 bits per heavy atom. The predicted octanol–water partition coefficient (Wildman–Crippen LogP) is 4.70. The number of phenols is 1. The number of rotatable bonds is 21. The molecule has 0 fully saturated rings. The van der Waals surface area contributed by atoms with E-state index in [4.69, 9.17) is 25.0 Å². The van der Waals surface area contributed by atoms with Crippen LogP contribution in [0.5, 0.6) is 5.75 Å². The summed E-state index contributed by atoms with van der Waals surface area (Å²) in [5, 5.41) is 59.6. The van der Waals surface area contributed by atoms with Crippen LogP contribution in [0.1, 0.15) is 10.4 Å². The normalized spacial score (nSPS) is 12.9. The lowest BCUT2D eigenvalue weighted by molar-refractivity contribution is -0.434. The third-order valence-electron chi connectivity index (χ3n) is 7.13. The second kappa shape index (κ2) is 19.7. The van der Waals surface area contributed by atoms with E-state index >= 15 is 0 Å². The average molecular weight is 948 g/mol. The number of hydrogen-bond acceptors (Lipinski definition) is 25. The number of aromatic carboxylic acids is 1. The summed E-state index contributed by atoms with van der Waals surface area (Å²) < 4.78 is 133. The lowest BCUT2D eigenvalue weighted by Gasteiger charge is -2.14. The predicted molar refractivity (Wildman–Crippen MR) is 199 cm³/mol. The van der Waals surface area contributed by atoms with Crippen LogP contribution in [-0.4, -0.2) is 94.2 Å². The lowest BCUT2D eigenvalue weighted by atomic mass is 10.1. The molecule has 0 aliphatic rings. The van der Waals surface area contributed by atoms with E-state index in [2.05, 4.69) is 43.4 Å². The molecule has 0 saturated heterocycles. The number of nitrogens with two attached hydrogens (primary N) is 1. The van der Waals surface area contributed by atoms with Gasteiger partial charge in [-0.15, -0.1) is 24.0 Å². The number of carboxylic acid groups (broad SMARTS) is 1. The largest absolute Gasteiger partial charge is 0.505 e. The van der Waals surface area contributed by atoms with Crippen molar-refractivity contribution >= 4 is 110 Å². The molecule has 0 radical (unpaired) electrons. The molecule has 0 saturated carbocycles. The van der Waals surface area contributed by atoms with Crippen LogP contribution in [0.3, 0.4) is 0 Å². The van der Waals surface area contributed by atoms with Crippen molar-refractivity contribution in [1.82, 2.24) is 0 Å². The van der Waals surface area contributed by atoms with Crippen LogP contribution in [0.4, 0.5) is 28.4 Å². The topological polar surface area (TPSA) is 406 Å². The maximum atomic E-state index is 12.8. The highest BCUT2D eigenvalue weighted by Crippen LogP contribution is 2.49. The van der Waals surface area contributed by atoms with Gasteiger partial charge in [-0.1, -0.05) is 16.1 Å². The first-order valence-electron chi connectivity index (χ1n) is 15.0. The fourth-order valence-electron chi connectivity index (χ4n) is 4.64. The van der Waals surface area contributed by atoms with Crippen LogP contribution in [0, 0.1) is 0 Å². The lowest BCUT2D eigenvalue weighted by Crippen LogP contribution is -2.16. The summed E-state index contributed by atoms with van der Waals surface area (Å²) in [4.78, 5) is 9.89. The Balaban J connectivity index is 1.82. The Hall–Kier alpha value is -4.49. The molecule has 4 aromatic carbocycles. The molecule has 320 valence electrons. The maximum absolute atomic E-state index is 12.8. The van der Waals surface area contributed by atoms with Crippen LogP contribution in [0.2, 0.25) is 0 Å². The van der Waals surface area contributed by atoms with E-state index in [0.717, 1.165) is 30.3 Å². The van der Waals surface area contributed by atoms with E-state index in [1.807, 2.05) is 0 Å². The van der Waals surface area contributed by atoms with Gasteiger partial charge in [0.1, 0.15) is 22.0 Å². The van der Waals surface area contributed by atoms with Crippen LogP contribution in [-0.2, 0) is 67.3 Å². The summed E-state index contributed by atoms with van der Waals surface area (Å²) in [5.41, 5.74) is 2.63. The summed E-state index contributed by atoms with van der Waals surface area (Å²) in [7, 11) is -18.7. The van der Waals surface area contributed by atoms with Crippen molar-refractivity contribution in [3.63, 3.8) is 0 Å². The van der Waals surface area contributed by atoms with Gasteiger partial charge in [-0.2, -0.15) is 21.9 Å². The standard InChI is InChI=1S/C27H25N5O21S6/c28-23-22-14(10-20(54-52-50-36)24(26(22)33)31-29-15-2-1-3-16(12-15)56(38,39)8-6-48-55-53-51-37)11-21(58(42,43)44)25(23)32-30-19-5-4-17(13-18(19)27(34)35)57(40,41)9-7-49-59(45,46)47/h1-5,10-13,33,36-37H,6-9,28H2,(H,34,35)(H,42,43,44)(H,45,46,47). The van der Waals surface area contributed by atoms with E-state index < -0.39 is 120 Å². The molecule has 0 amide bonds. The second-order valence-corrected chi connectivity index (χ2v) is 18.8. The minimum Gasteiger partial charge on any atom is -0.505 e. The first kappa shape index (κ1) is 47.2. The number of aromatic hydroxyl groups is 1.